The number of aromatic nitrogens is 3. The van der Waals surface area contributed by atoms with Crippen molar-refractivity contribution in [1.82, 2.24) is 20.3 Å². The van der Waals surface area contributed by atoms with E-state index in [4.69, 9.17) is 9.72 Å². The van der Waals surface area contributed by atoms with Gasteiger partial charge in [0.1, 0.15) is 5.69 Å². The number of pyridine rings is 1. The molecule has 106 valence electrons. The molecule has 21 heavy (non-hydrogen) atoms. The van der Waals surface area contributed by atoms with E-state index in [-0.39, 0.29) is 6.04 Å². The van der Waals surface area contributed by atoms with Gasteiger partial charge in [-0.2, -0.15) is 0 Å². The summed E-state index contributed by atoms with van der Waals surface area (Å²) >= 11 is 0. The van der Waals surface area contributed by atoms with Gasteiger partial charge in [-0.25, -0.2) is 4.98 Å². The lowest BCUT2D eigenvalue weighted by atomic mass is 10.1. The molecule has 0 saturated carbocycles. The van der Waals surface area contributed by atoms with Gasteiger partial charge in [0.25, 0.3) is 0 Å². The zero-order chi connectivity index (χ0) is 14.7. The molecule has 3 aromatic rings. The van der Waals surface area contributed by atoms with Crippen LogP contribution in [0.4, 0.5) is 0 Å². The highest BCUT2D eigenvalue weighted by molar-refractivity contribution is 5.78. The van der Waals surface area contributed by atoms with Crippen LogP contribution >= 0.6 is 0 Å². The molecule has 0 radical (unpaired) electrons. The molecule has 0 saturated heterocycles. The molecule has 0 fully saturated rings. The molecule has 2 heterocycles. The van der Waals surface area contributed by atoms with Gasteiger partial charge in [0.15, 0.2) is 0 Å². The van der Waals surface area contributed by atoms with E-state index < -0.39 is 0 Å². The van der Waals surface area contributed by atoms with Gasteiger partial charge in [-0.05, 0) is 19.2 Å². The lowest BCUT2D eigenvalue weighted by molar-refractivity contribution is 0.383. The van der Waals surface area contributed by atoms with Crippen molar-refractivity contribution in [3.63, 3.8) is 0 Å². The molecule has 1 unspecified atom stereocenters. The zero-order valence-electron chi connectivity index (χ0n) is 11.9. The van der Waals surface area contributed by atoms with Gasteiger partial charge in [0, 0.05) is 17.8 Å². The van der Waals surface area contributed by atoms with Crippen molar-refractivity contribution in [3.05, 3.63) is 60.2 Å². The van der Waals surface area contributed by atoms with Crippen molar-refractivity contribution in [2.75, 3.05) is 14.2 Å². The number of hydrogen-bond acceptors (Lipinski definition) is 5. The summed E-state index contributed by atoms with van der Waals surface area (Å²) in [7, 11) is 3.46. The van der Waals surface area contributed by atoms with Crippen LogP contribution < -0.4 is 10.1 Å². The highest BCUT2D eigenvalue weighted by atomic mass is 16.5. The van der Waals surface area contributed by atoms with E-state index in [2.05, 4.69) is 21.4 Å². The maximum absolute atomic E-state index is 5.30. The van der Waals surface area contributed by atoms with Crippen LogP contribution in [0.15, 0.2) is 48.8 Å². The number of nitrogens with one attached hydrogen (secondary N) is 1. The van der Waals surface area contributed by atoms with E-state index in [1.807, 2.05) is 37.4 Å². The molecule has 0 aliphatic carbocycles. The molecule has 0 bridgehead atoms. The predicted molar refractivity (Wildman–Crippen MR) is 81.2 cm³/mol. The van der Waals surface area contributed by atoms with Gasteiger partial charge >= 0.3 is 0 Å². The van der Waals surface area contributed by atoms with Crippen molar-refractivity contribution >= 4 is 10.9 Å². The third-order valence-electron chi connectivity index (χ3n) is 3.36. The van der Waals surface area contributed by atoms with Gasteiger partial charge in [0.2, 0.25) is 5.88 Å². The SMILES string of the molecule is CNC(c1ccc2ccccc2n1)c1nccnc1OC. The summed E-state index contributed by atoms with van der Waals surface area (Å²) in [6.45, 7) is 0. The Bertz CT molecular complexity index is 760. The Labute approximate surface area is 123 Å². The minimum Gasteiger partial charge on any atom is -0.480 e. The summed E-state index contributed by atoms with van der Waals surface area (Å²) in [5, 5.41) is 4.34. The molecule has 1 atom stereocenters. The Morgan fingerprint density at radius 2 is 1.86 bits per heavy atom. The van der Waals surface area contributed by atoms with Crippen molar-refractivity contribution in [2.45, 2.75) is 6.04 Å². The quantitative estimate of drug-likeness (QED) is 0.795. The molecule has 0 aliphatic heterocycles. The Hall–Kier alpha value is -2.53. The van der Waals surface area contributed by atoms with E-state index in [0.29, 0.717) is 5.88 Å². The number of methoxy groups -OCH3 is 1. The highest BCUT2D eigenvalue weighted by Crippen LogP contribution is 2.26. The number of para-hydroxylation sites is 1. The van der Waals surface area contributed by atoms with Crippen molar-refractivity contribution in [3.8, 4) is 5.88 Å². The lowest BCUT2D eigenvalue weighted by Gasteiger charge is -2.17. The molecule has 0 spiro atoms. The Kier molecular flexibility index (Phi) is 3.75. The highest BCUT2D eigenvalue weighted by Gasteiger charge is 2.20. The van der Waals surface area contributed by atoms with Crippen LogP contribution in [0.5, 0.6) is 5.88 Å². The summed E-state index contributed by atoms with van der Waals surface area (Å²) in [4.78, 5) is 13.3. The average Bonchev–Trinajstić information content (AvgIpc) is 2.56. The molecule has 2 aromatic heterocycles. The lowest BCUT2D eigenvalue weighted by Crippen LogP contribution is -2.21. The molecular weight excluding hydrogens is 264 g/mol. The maximum atomic E-state index is 5.30. The molecule has 0 aliphatic rings. The molecular formula is C16H16N4O. The minimum atomic E-state index is -0.168. The topological polar surface area (TPSA) is 59.9 Å². The third kappa shape index (κ3) is 2.55. The standard InChI is InChI=1S/C16H16N4O/c1-17-14(15-16(21-2)19-10-9-18-15)13-8-7-11-5-3-4-6-12(11)20-13/h3-10,14,17H,1-2H3. The fourth-order valence-electron chi connectivity index (χ4n) is 2.36. The van der Waals surface area contributed by atoms with Crippen molar-refractivity contribution < 1.29 is 4.74 Å². The largest absolute Gasteiger partial charge is 0.480 e. The molecule has 5 nitrogen and oxygen atoms in total. The maximum Gasteiger partial charge on any atom is 0.237 e. The first-order valence-electron chi connectivity index (χ1n) is 6.71. The fraction of sp³-hybridized carbons (Fsp3) is 0.188. The molecule has 3 rings (SSSR count). The predicted octanol–water partition coefficient (Wildman–Crippen LogP) is 2.34. The van der Waals surface area contributed by atoms with E-state index >= 15 is 0 Å². The van der Waals surface area contributed by atoms with Crippen LogP contribution in [0.3, 0.4) is 0 Å². The van der Waals surface area contributed by atoms with Gasteiger partial charge < -0.3 is 10.1 Å². The molecule has 1 aromatic carbocycles. The fourth-order valence-corrected chi connectivity index (χ4v) is 2.36. The van der Waals surface area contributed by atoms with Gasteiger partial charge in [-0.3, -0.25) is 9.97 Å². The average molecular weight is 280 g/mol. The number of hydrogen-bond donors (Lipinski definition) is 1. The van der Waals surface area contributed by atoms with Crippen LogP contribution in [-0.4, -0.2) is 29.1 Å². The van der Waals surface area contributed by atoms with Crippen LogP contribution in [0.1, 0.15) is 17.4 Å². The van der Waals surface area contributed by atoms with Crippen LogP contribution in [0, 0.1) is 0 Å². The second-order valence-corrected chi connectivity index (χ2v) is 4.60. The molecule has 0 amide bonds. The van der Waals surface area contributed by atoms with Crippen LogP contribution in [-0.2, 0) is 0 Å². The smallest absolute Gasteiger partial charge is 0.237 e. The minimum absolute atomic E-state index is 0.168. The van der Waals surface area contributed by atoms with Crippen molar-refractivity contribution in [2.24, 2.45) is 0 Å². The number of rotatable bonds is 4. The Balaban J connectivity index is 2.09. The second-order valence-electron chi connectivity index (χ2n) is 4.60. The number of fused-ring (bicyclic) bond motifs is 1. The Morgan fingerprint density at radius 3 is 2.67 bits per heavy atom. The first kappa shape index (κ1) is 13.5. The zero-order valence-corrected chi connectivity index (χ0v) is 11.9. The second kappa shape index (κ2) is 5.85. The van der Waals surface area contributed by atoms with E-state index in [0.717, 1.165) is 22.3 Å². The normalized spacial score (nSPS) is 12.3. The number of nitrogens with zero attached hydrogens (tertiary/aromatic N) is 3. The summed E-state index contributed by atoms with van der Waals surface area (Å²) in [6, 6.07) is 11.9. The summed E-state index contributed by atoms with van der Waals surface area (Å²) in [6.07, 6.45) is 3.27. The first-order chi connectivity index (χ1) is 10.3. The van der Waals surface area contributed by atoms with Gasteiger partial charge in [-0.15, -0.1) is 0 Å². The number of benzene rings is 1. The van der Waals surface area contributed by atoms with E-state index in [1.165, 1.54) is 0 Å². The van der Waals surface area contributed by atoms with Crippen LogP contribution in [0.25, 0.3) is 10.9 Å². The Morgan fingerprint density at radius 1 is 1.05 bits per heavy atom. The molecule has 1 N–H and O–H groups in total. The van der Waals surface area contributed by atoms with Crippen LogP contribution in [0.2, 0.25) is 0 Å². The van der Waals surface area contributed by atoms with Gasteiger partial charge in [0.05, 0.1) is 24.4 Å². The summed E-state index contributed by atoms with van der Waals surface area (Å²) in [5.41, 5.74) is 2.57. The van der Waals surface area contributed by atoms with Crippen molar-refractivity contribution in [1.29, 1.82) is 0 Å². The number of ether oxygens (including phenoxy) is 1. The monoisotopic (exact) mass is 280 g/mol. The first-order valence-corrected chi connectivity index (χ1v) is 6.71. The molecule has 5 heteroatoms. The third-order valence-corrected chi connectivity index (χ3v) is 3.36. The van der Waals surface area contributed by atoms with Gasteiger partial charge in [-0.1, -0.05) is 24.3 Å². The van der Waals surface area contributed by atoms with E-state index in [9.17, 15) is 0 Å². The summed E-state index contributed by atoms with van der Waals surface area (Å²) < 4.78 is 5.30. The van der Waals surface area contributed by atoms with E-state index in [1.54, 1.807) is 19.5 Å². The summed E-state index contributed by atoms with van der Waals surface area (Å²) in [5.74, 6) is 0.506.